The Balaban J connectivity index is 0.000000148. The molecule has 23 heteroatoms. The van der Waals surface area contributed by atoms with Crippen LogP contribution >= 0.6 is 15.9 Å². The molecule has 0 radical (unpaired) electrons. The zero-order valence-electron chi connectivity index (χ0n) is 62.9. The third-order valence-corrected chi connectivity index (χ3v) is 22.0. The third-order valence-electron chi connectivity index (χ3n) is 21.5. The molecule has 9 fully saturated rings. The number of halogens is 1. The number of hydrogen-bond donors (Lipinski definition) is 1. The largest absolute Gasteiger partial charge is 0.496 e. The Morgan fingerprint density at radius 3 is 1.18 bits per heavy atom. The highest BCUT2D eigenvalue weighted by molar-refractivity contribution is 9.10. The van der Waals surface area contributed by atoms with Gasteiger partial charge in [-0.2, -0.15) is 0 Å². The highest BCUT2D eigenvalue weighted by atomic mass is 79.9. The maximum absolute atomic E-state index is 12.5. The summed E-state index contributed by atoms with van der Waals surface area (Å²) in [5.74, 6) is 0.584. The van der Waals surface area contributed by atoms with Crippen molar-refractivity contribution in [1.29, 1.82) is 0 Å². The van der Waals surface area contributed by atoms with Crippen LogP contribution in [0.5, 0.6) is 5.75 Å². The van der Waals surface area contributed by atoms with E-state index in [1.54, 1.807) is 21.3 Å². The van der Waals surface area contributed by atoms with Gasteiger partial charge in [-0.3, -0.25) is 14.4 Å². The molecule has 14 rings (SSSR count). The first-order valence-corrected chi connectivity index (χ1v) is 37.6. The van der Waals surface area contributed by atoms with Gasteiger partial charge in [-0.05, 0) is 179 Å². The van der Waals surface area contributed by atoms with Crippen molar-refractivity contribution < 1.29 is 105 Å². The maximum atomic E-state index is 12.5. The topological polar surface area (TPSA) is 238 Å². The molecule has 0 bridgehead atoms. The minimum atomic E-state index is -0.631. The van der Waals surface area contributed by atoms with Crippen LogP contribution in [-0.2, 0) is 112 Å². The van der Waals surface area contributed by atoms with E-state index in [4.69, 9.17) is 80.5 Å². The smallest absolute Gasteiger partial charge is 0.316 e. The Hall–Kier alpha value is -5.65. The number of benzene rings is 5. The Bertz CT molecular complexity index is 3460. The average molecular weight is 1530 g/mol. The van der Waals surface area contributed by atoms with Crippen LogP contribution in [0.3, 0.4) is 0 Å². The van der Waals surface area contributed by atoms with Gasteiger partial charge in [0, 0.05) is 123 Å². The number of aliphatic hydroxyl groups is 1. The zero-order valence-corrected chi connectivity index (χ0v) is 64.5. The lowest BCUT2D eigenvalue weighted by atomic mass is 9.73. The standard InChI is InChI=1S/C17H22O5.C17H24O4.C16H22O4.C15H20O3.C10H11BrO3.C7H12O3/c1-12-3-4-13(11-14(12)15-21-9-10-22-15)17(16(18)19-2)5-7-20-8-6-17;1-13-3-4-14(11-15(13)16-20-9-10-21-16)17(12-18-2)5-7-19-8-6-17;1-12-2-3-13(10-14(12)15-19-8-9-20-15)16(11-17)4-6-18-7-5-16;1-12-3-4-14(9-13(12)10-16)15(11-17-2)5-7-18-8-6-15;1-12-9-3-2-7(11)6-8(9)10-13-4-5-14-10;1-9-7(8)6-2-4-10-5-3-6/h3-4,11,15H,5-10H2,1-2H3;3-4,11,16H,5-10,12H2,1-2H3;2-3,10,15,17H,4-9,11H2,1H3;3-4,9-10H,5-8,11H2,1-2H3;2-3,6,10H,4-5H2,1H3;6H,2-5H2,1H3. The fourth-order valence-corrected chi connectivity index (χ4v) is 15.2. The molecule has 105 heavy (non-hydrogen) atoms. The highest BCUT2D eigenvalue weighted by Crippen LogP contribution is 2.43. The van der Waals surface area contributed by atoms with Crippen LogP contribution in [0, 0.1) is 33.6 Å². The van der Waals surface area contributed by atoms with E-state index in [0.29, 0.717) is 112 Å². The molecule has 578 valence electrons. The molecule has 0 aliphatic carbocycles. The number of ether oxygens (including phenoxy) is 18. The average Bonchev–Trinajstić information content (AvgIpc) is 1.36. The highest BCUT2D eigenvalue weighted by Gasteiger charge is 2.44. The molecule has 0 amide bonds. The molecule has 9 aliphatic heterocycles. The molecule has 9 heterocycles. The van der Waals surface area contributed by atoms with Gasteiger partial charge in [0.2, 0.25) is 0 Å². The second-order valence-corrected chi connectivity index (χ2v) is 28.8. The molecular weight excluding hydrogens is 1420 g/mol. The van der Waals surface area contributed by atoms with Crippen LogP contribution in [0.15, 0.2) is 95.5 Å². The predicted molar refractivity (Wildman–Crippen MR) is 395 cm³/mol. The van der Waals surface area contributed by atoms with Crippen molar-refractivity contribution in [2.45, 2.75) is 139 Å². The molecule has 0 saturated carbocycles. The summed E-state index contributed by atoms with van der Waals surface area (Å²) in [6, 6.07) is 31.0. The van der Waals surface area contributed by atoms with Crippen molar-refractivity contribution in [2.24, 2.45) is 5.92 Å². The van der Waals surface area contributed by atoms with Gasteiger partial charge < -0.3 is 90.4 Å². The fourth-order valence-electron chi connectivity index (χ4n) is 14.8. The first kappa shape index (κ1) is 83.4. The van der Waals surface area contributed by atoms with Crippen LogP contribution in [-0.4, -0.2) is 198 Å². The lowest BCUT2D eigenvalue weighted by molar-refractivity contribution is -0.151. The van der Waals surface area contributed by atoms with Crippen molar-refractivity contribution in [2.75, 3.05) is 174 Å². The molecule has 5 aromatic carbocycles. The van der Waals surface area contributed by atoms with Gasteiger partial charge in [0.05, 0.1) is 111 Å². The molecule has 0 aromatic heterocycles. The number of aryl methyl sites for hydroxylation is 4. The van der Waals surface area contributed by atoms with E-state index in [9.17, 15) is 19.5 Å². The summed E-state index contributed by atoms with van der Waals surface area (Å²) in [5, 5.41) is 9.90. The van der Waals surface area contributed by atoms with E-state index in [-0.39, 0.29) is 65.9 Å². The van der Waals surface area contributed by atoms with Crippen molar-refractivity contribution in [3.05, 3.63) is 168 Å². The van der Waals surface area contributed by atoms with Crippen molar-refractivity contribution in [3.8, 4) is 5.75 Å². The zero-order chi connectivity index (χ0) is 74.7. The normalized spacial score (nSPS) is 20.9. The number of carbonyl (C=O) groups is 3. The molecule has 0 atom stereocenters. The predicted octanol–water partition coefficient (Wildman–Crippen LogP) is 12.7. The van der Waals surface area contributed by atoms with Crippen LogP contribution in [0.1, 0.15) is 166 Å². The van der Waals surface area contributed by atoms with Gasteiger partial charge in [0.15, 0.2) is 25.2 Å². The first-order valence-electron chi connectivity index (χ1n) is 36.8. The molecule has 5 aromatic rings. The summed E-state index contributed by atoms with van der Waals surface area (Å²) in [5.41, 5.74) is 13.3. The quantitative estimate of drug-likeness (QED) is 0.0672. The molecule has 9 aliphatic rings. The minimum Gasteiger partial charge on any atom is -0.496 e. The van der Waals surface area contributed by atoms with Gasteiger partial charge in [0.25, 0.3) is 0 Å². The summed E-state index contributed by atoms with van der Waals surface area (Å²) < 4.78 is 98.4. The number of aliphatic hydroxyl groups excluding tert-OH is 1. The van der Waals surface area contributed by atoms with E-state index in [1.807, 2.05) is 62.4 Å². The summed E-state index contributed by atoms with van der Waals surface area (Å²) in [6.45, 7) is 21.9. The van der Waals surface area contributed by atoms with Crippen LogP contribution in [0.25, 0.3) is 0 Å². The van der Waals surface area contributed by atoms with Crippen molar-refractivity contribution in [3.63, 3.8) is 0 Å². The number of aldehydes is 1. The number of hydrogen-bond acceptors (Lipinski definition) is 22. The van der Waals surface area contributed by atoms with Crippen LogP contribution < -0.4 is 4.74 Å². The Labute approximate surface area is 628 Å². The van der Waals surface area contributed by atoms with Gasteiger partial charge >= 0.3 is 11.9 Å². The SMILES string of the molecule is COC(=O)C1(c2ccc(C)c(C3OCCO3)c2)CCOCC1.COC(=O)C1CCOCC1.COCC1(c2ccc(C)c(C3OCCO3)c2)CCOCC1.COCC1(c2ccc(C)c(C=O)c2)CCOCC1.COc1ccc(Br)cc1C1OCCO1.Cc1ccc(C2(CO)CCOCC2)cc1C1OCCO1. The van der Waals surface area contributed by atoms with Crippen molar-refractivity contribution >= 4 is 34.2 Å². The van der Waals surface area contributed by atoms with E-state index < -0.39 is 5.41 Å². The second kappa shape index (κ2) is 41.8. The number of rotatable bonds is 17. The molecule has 0 spiro atoms. The fraction of sp³-hybridized carbons (Fsp3) is 0.598. The minimum absolute atomic E-state index is 0.00153. The molecule has 0 unspecified atom stereocenters. The van der Waals surface area contributed by atoms with Gasteiger partial charge in [-0.1, -0.05) is 64.5 Å². The monoisotopic (exact) mass is 1530 g/mol. The van der Waals surface area contributed by atoms with Gasteiger partial charge in [-0.15, -0.1) is 0 Å². The lowest BCUT2D eigenvalue weighted by Crippen LogP contribution is -2.42. The Kier molecular flexibility index (Phi) is 33.2. The molecule has 1 N–H and O–H groups in total. The van der Waals surface area contributed by atoms with Crippen molar-refractivity contribution in [1.82, 2.24) is 0 Å². The Morgan fingerprint density at radius 2 is 0.790 bits per heavy atom. The van der Waals surface area contributed by atoms with E-state index >= 15 is 0 Å². The second-order valence-electron chi connectivity index (χ2n) is 27.9. The summed E-state index contributed by atoms with van der Waals surface area (Å²) in [4.78, 5) is 34.4. The number of methoxy groups -OCH3 is 5. The molecule has 22 nitrogen and oxygen atoms in total. The summed E-state index contributed by atoms with van der Waals surface area (Å²) >= 11 is 3.41. The van der Waals surface area contributed by atoms with Gasteiger partial charge in [0.1, 0.15) is 12.0 Å². The summed E-state index contributed by atoms with van der Waals surface area (Å²) in [7, 11) is 8.01. The maximum Gasteiger partial charge on any atom is 0.316 e. The number of carbonyl (C=O) groups excluding carboxylic acids is 3. The Morgan fingerprint density at radius 1 is 0.429 bits per heavy atom. The summed E-state index contributed by atoms with van der Waals surface area (Å²) in [6.07, 6.45) is 8.32. The molecule has 9 saturated heterocycles. The van der Waals surface area contributed by atoms with Crippen LogP contribution in [0.4, 0.5) is 0 Å². The van der Waals surface area contributed by atoms with E-state index in [0.717, 1.165) is 145 Å². The van der Waals surface area contributed by atoms with E-state index in [2.05, 4.69) is 77.0 Å². The third kappa shape index (κ3) is 21.9. The van der Waals surface area contributed by atoms with E-state index in [1.165, 1.54) is 42.0 Å². The van der Waals surface area contributed by atoms with Gasteiger partial charge in [-0.25, -0.2) is 0 Å². The van der Waals surface area contributed by atoms with Crippen LogP contribution in [0.2, 0.25) is 0 Å². The lowest BCUT2D eigenvalue weighted by Gasteiger charge is -2.37. The first-order chi connectivity index (χ1) is 51.0. The number of esters is 2. The molecular formula is C82H111BrO22.